The smallest absolute Gasteiger partial charge is 0.305 e. The summed E-state index contributed by atoms with van der Waals surface area (Å²) in [6.07, 6.45) is 1.88. The minimum absolute atomic E-state index is 0.0446. The molecule has 13 heavy (non-hydrogen) atoms. The fourth-order valence-corrected chi connectivity index (χ4v) is 1.25. The first kappa shape index (κ1) is 11.9. The highest BCUT2D eigenvalue weighted by Gasteiger charge is 2.16. The summed E-state index contributed by atoms with van der Waals surface area (Å²) in [5, 5.41) is 8.54. The standard InChI is InChI=1S/C9H16O4/c1-3-4-7(5-8(10)11)6-9(12)13-2/h7H,3-6H2,1-2H3,(H,10,11)/t7-/m1/s1. The average Bonchev–Trinajstić information content (AvgIpc) is 2.03. The normalized spacial score (nSPS) is 12.2. The highest BCUT2D eigenvalue weighted by Crippen LogP contribution is 2.16. The predicted molar refractivity (Wildman–Crippen MR) is 47.3 cm³/mol. The van der Waals surface area contributed by atoms with Crippen LogP contribution >= 0.6 is 0 Å². The van der Waals surface area contributed by atoms with Crippen LogP contribution in [0.25, 0.3) is 0 Å². The second-order valence-corrected chi connectivity index (χ2v) is 3.03. The van der Waals surface area contributed by atoms with Gasteiger partial charge >= 0.3 is 11.9 Å². The maximum Gasteiger partial charge on any atom is 0.305 e. The Morgan fingerprint density at radius 3 is 2.38 bits per heavy atom. The molecule has 1 atom stereocenters. The van der Waals surface area contributed by atoms with Crippen molar-refractivity contribution in [3.8, 4) is 0 Å². The number of ether oxygens (including phenoxy) is 1. The number of hydrogen-bond acceptors (Lipinski definition) is 3. The third-order valence-corrected chi connectivity index (χ3v) is 1.84. The molecule has 0 unspecified atom stereocenters. The largest absolute Gasteiger partial charge is 0.481 e. The molecule has 0 amide bonds. The fourth-order valence-electron chi connectivity index (χ4n) is 1.25. The molecule has 0 aromatic heterocycles. The molecule has 0 saturated carbocycles. The molecule has 0 aromatic rings. The molecule has 0 bridgehead atoms. The van der Waals surface area contributed by atoms with Gasteiger partial charge in [-0.05, 0) is 12.3 Å². The molecule has 76 valence electrons. The molecule has 0 aliphatic carbocycles. The van der Waals surface area contributed by atoms with Crippen LogP contribution in [0.3, 0.4) is 0 Å². The van der Waals surface area contributed by atoms with Gasteiger partial charge in [-0.2, -0.15) is 0 Å². The summed E-state index contributed by atoms with van der Waals surface area (Å²) < 4.78 is 4.48. The molecule has 0 aliphatic rings. The van der Waals surface area contributed by atoms with E-state index in [1.807, 2.05) is 6.92 Å². The molecule has 0 saturated heterocycles. The molecule has 0 rings (SSSR count). The second kappa shape index (κ2) is 6.46. The lowest BCUT2D eigenvalue weighted by Crippen LogP contribution is -2.13. The second-order valence-electron chi connectivity index (χ2n) is 3.03. The summed E-state index contributed by atoms with van der Waals surface area (Å²) >= 11 is 0. The number of methoxy groups -OCH3 is 1. The Labute approximate surface area is 77.9 Å². The first-order chi connectivity index (χ1) is 6.10. The fraction of sp³-hybridized carbons (Fsp3) is 0.778. The lowest BCUT2D eigenvalue weighted by Gasteiger charge is -2.11. The first-order valence-electron chi connectivity index (χ1n) is 4.38. The van der Waals surface area contributed by atoms with Crippen LogP contribution in [0.15, 0.2) is 0 Å². The van der Waals surface area contributed by atoms with Gasteiger partial charge in [-0.15, -0.1) is 0 Å². The Morgan fingerprint density at radius 2 is 2.00 bits per heavy atom. The van der Waals surface area contributed by atoms with E-state index in [4.69, 9.17) is 5.11 Å². The van der Waals surface area contributed by atoms with E-state index >= 15 is 0 Å². The molecule has 0 aromatic carbocycles. The zero-order chi connectivity index (χ0) is 10.3. The van der Waals surface area contributed by atoms with E-state index in [0.717, 1.165) is 12.8 Å². The Kier molecular flexibility index (Phi) is 5.93. The van der Waals surface area contributed by atoms with Gasteiger partial charge < -0.3 is 9.84 Å². The third-order valence-electron chi connectivity index (χ3n) is 1.84. The predicted octanol–water partition coefficient (Wildman–Crippen LogP) is 1.44. The van der Waals surface area contributed by atoms with E-state index in [9.17, 15) is 9.59 Å². The number of esters is 1. The van der Waals surface area contributed by atoms with Crippen LogP contribution in [0.2, 0.25) is 0 Å². The Bertz CT molecular complexity index is 176. The van der Waals surface area contributed by atoms with E-state index in [1.54, 1.807) is 0 Å². The quantitative estimate of drug-likeness (QED) is 0.640. The van der Waals surface area contributed by atoms with Crippen LogP contribution in [-0.4, -0.2) is 24.2 Å². The first-order valence-corrected chi connectivity index (χ1v) is 4.38. The van der Waals surface area contributed by atoms with Crippen molar-refractivity contribution in [2.75, 3.05) is 7.11 Å². The Hall–Kier alpha value is -1.06. The van der Waals surface area contributed by atoms with Gasteiger partial charge in [0.1, 0.15) is 0 Å². The zero-order valence-corrected chi connectivity index (χ0v) is 8.08. The van der Waals surface area contributed by atoms with E-state index in [1.165, 1.54) is 7.11 Å². The van der Waals surface area contributed by atoms with E-state index in [2.05, 4.69) is 4.74 Å². The highest BCUT2D eigenvalue weighted by atomic mass is 16.5. The zero-order valence-electron chi connectivity index (χ0n) is 8.08. The van der Waals surface area contributed by atoms with Crippen molar-refractivity contribution in [3.63, 3.8) is 0 Å². The maximum atomic E-state index is 10.9. The Balaban J connectivity index is 3.93. The molecular formula is C9H16O4. The molecule has 4 nitrogen and oxygen atoms in total. The molecule has 4 heteroatoms. The SMILES string of the molecule is CCC[C@H](CC(=O)O)CC(=O)OC. The summed E-state index contributed by atoms with van der Waals surface area (Å²) in [5.74, 6) is -1.28. The summed E-state index contributed by atoms with van der Waals surface area (Å²) in [6, 6.07) is 0. The molecule has 0 aliphatic heterocycles. The number of aliphatic carboxylic acids is 1. The number of hydrogen-bond donors (Lipinski definition) is 1. The monoisotopic (exact) mass is 188 g/mol. The molecule has 0 heterocycles. The molecule has 0 radical (unpaired) electrons. The van der Waals surface area contributed by atoms with Gasteiger partial charge in [0, 0.05) is 12.8 Å². The van der Waals surface area contributed by atoms with Crippen LogP contribution in [0, 0.1) is 5.92 Å². The molecular weight excluding hydrogens is 172 g/mol. The van der Waals surface area contributed by atoms with Crippen LogP contribution < -0.4 is 0 Å². The minimum Gasteiger partial charge on any atom is -0.481 e. The maximum absolute atomic E-state index is 10.9. The van der Waals surface area contributed by atoms with Gasteiger partial charge in [0.2, 0.25) is 0 Å². The molecule has 0 spiro atoms. The van der Waals surface area contributed by atoms with E-state index in [-0.39, 0.29) is 24.7 Å². The Morgan fingerprint density at radius 1 is 1.38 bits per heavy atom. The molecule has 0 fully saturated rings. The highest BCUT2D eigenvalue weighted by molar-refractivity contribution is 5.72. The summed E-state index contributed by atoms with van der Waals surface area (Å²) in [5.41, 5.74) is 0. The van der Waals surface area contributed by atoms with Crippen LogP contribution in [-0.2, 0) is 14.3 Å². The van der Waals surface area contributed by atoms with E-state index < -0.39 is 5.97 Å². The number of carboxylic acids is 1. The molecule has 1 N–H and O–H groups in total. The van der Waals surface area contributed by atoms with Crippen molar-refractivity contribution in [3.05, 3.63) is 0 Å². The average molecular weight is 188 g/mol. The summed E-state index contributed by atoms with van der Waals surface area (Å²) in [7, 11) is 1.31. The van der Waals surface area contributed by atoms with Gasteiger partial charge in [0.25, 0.3) is 0 Å². The van der Waals surface area contributed by atoms with Crippen LogP contribution in [0.1, 0.15) is 32.6 Å². The number of carbonyl (C=O) groups excluding carboxylic acids is 1. The van der Waals surface area contributed by atoms with Crippen LogP contribution in [0.4, 0.5) is 0 Å². The van der Waals surface area contributed by atoms with Gasteiger partial charge in [-0.3, -0.25) is 9.59 Å². The van der Waals surface area contributed by atoms with Crippen LogP contribution in [0.5, 0.6) is 0 Å². The van der Waals surface area contributed by atoms with Gasteiger partial charge in [0.15, 0.2) is 0 Å². The minimum atomic E-state index is -0.859. The lowest BCUT2D eigenvalue weighted by atomic mass is 9.96. The van der Waals surface area contributed by atoms with Gasteiger partial charge in [0.05, 0.1) is 7.11 Å². The van der Waals surface area contributed by atoms with Gasteiger partial charge in [-0.25, -0.2) is 0 Å². The lowest BCUT2D eigenvalue weighted by molar-refractivity contribution is -0.143. The van der Waals surface area contributed by atoms with Gasteiger partial charge in [-0.1, -0.05) is 13.3 Å². The van der Waals surface area contributed by atoms with Crippen molar-refractivity contribution in [2.24, 2.45) is 5.92 Å². The summed E-state index contributed by atoms with van der Waals surface area (Å²) in [6.45, 7) is 1.96. The van der Waals surface area contributed by atoms with E-state index in [0.29, 0.717) is 0 Å². The summed E-state index contributed by atoms with van der Waals surface area (Å²) in [4.78, 5) is 21.3. The van der Waals surface area contributed by atoms with Crippen molar-refractivity contribution in [2.45, 2.75) is 32.6 Å². The van der Waals surface area contributed by atoms with Crippen molar-refractivity contribution in [1.29, 1.82) is 0 Å². The third kappa shape index (κ3) is 6.13. The van der Waals surface area contributed by atoms with Crippen molar-refractivity contribution >= 4 is 11.9 Å². The van der Waals surface area contributed by atoms with Crippen molar-refractivity contribution in [1.82, 2.24) is 0 Å². The topological polar surface area (TPSA) is 63.6 Å². The number of rotatable bonds is 6. The number of carbonyl (C=O) groups is 2. The number of carboxylic acid groups (broad SMARTS) is 1. The van der Waals surface area contributed by atoms with Crippen molar-refractivity contribution < 1.29 is 19.4 Å².